The number of fused-ring (bicyclic) bond motifs is 2. The highest BCUT2D eigenvalue weighted by atomic mass is 16.1. The summed E-state index contributed by atoms with van der Waals surface area (Å²) in [7, 11) is 0. The summed E-state index contributed by atoms with van der Waals surface area (Å²) in [4.78, 5) is 30.8. The van der Waals surface area contributed by atoms with Crippen LogP contribution >= 0.6 is 0 Å². The zero-order valence-corrected chi connectivity index (χ0v) is 22.0. The quantitative estimate of drug-likeness (QED) is 0.247. The fourth-order valence-corrected chi connectivity index (χ4v) is 5.05. The average Bonchev–Trinajstić information content (AvgIpc) is 2.96. The van der Waals surface area contributed by atoms with Gasteiger partial charge in [0.2, 0.25) is 11.6 Å². The summed E-state index contributed by atoms with van der Waals surface area (Å²) < 4.78 is 1.73. The maximum atomic E-state index is 14.5. The van der Waals surface area contributed by atoms with Crippen molar-refractivity contribution >= 4 is 39.1 Å². The van der Waals surface area contributed by atoms with Crippen molar-refractivity contribution in [1.82, 2.24) is 19.5 Å². The van der Waals surface area contributed by atoms with E-state index in [-0.39, 0.29) is 17.2 Å². The lowest BCUT2D eigenvalue weighted by molar-refractivity contribution is 0.773. The smallest absolute Gasteiger partial charge is 0.263 e. The van der Waals surface area contributed by atoms with Crippen LogP contribution in [0.1, 0.15) is 24.2 Å². The van der Waals surface area contributed by atoms with E-state index in [1.54, 1.807) is 4.57 Å². The van der Waals surface area contributed by atoms with Gasteiger partial charge in [0.1, 0.15) is 5.82 Å². The highest BCUT2D eigenvalue weighted by Gasteiger charge is 2.20. The molecule has 0 radical (unpaired) electrons. The molecule has 0 spiro atoms. The van der Waals surface area contributed by atoms with Gasteiger partial charge in [0.25, 0.3) is 5.56 Å². The molecule has 8 nitrogen and oxygen atoms in total. The van der Waals surface area contributed by atoms with E-state index in [0.717, 1.165) is 38.7 Å². The Labute approximate surface area is 230 Å². The Morgan fingerprint density at radius 3 is 2.58 bits per heavy atom. The first kappa shape index (κ1) is 24.8. The van der Waals surface area contributed by atoms with E-state index in [1.165, 1.54) is 6.20 Å². The molecule has 3 N–H and O–H groups in total. The molecule has 0 saturated heterocycles. The molecule has 40 heavy (non-hydrogen) atoms. The summed E-state index contributed by atoms with van der Waals surface area (Å²) in [5.74, 6) is 0.375. The summed E-state index contributed by atoms with van der Waals surface area (Å²) in [6, 6.07) is 25.3. The molecule has 0 aliphatic heterocycles. The van der Waals surface area contributed by atoms with Crippen LogP contribution in [-0.4, -0.2) is 19.5 Å². The highest BCUT2D eigenvalue weighted by molar-refractivity contribution is 5.98. The number of aryl methyl sites for hydroxylation is 1. The van der Waals surface area contributed by atoms with E-state index in [1.807, 2.05) is 92.8 Å². The number of aromatic nitrogens is 4. The van der Waals surface area contributed by atoms with E-state index in [4.69, 9.17) is 12.3 Å². The molecule has 0 amide bonds. The number of hydrogen-bond donors (Lipinski definition) is 2. The SMILES string of the molecule is [C-]#[N+]c1cnc(N)nc1N[C@@H](C)c1cc2cccc(-c3cnc4ccccc4c3)c2c(=O)n1-c1cccc(C)c1. The van der Waals surface area contributed by atoms with Gasteiger partial charge in [-0.1, -0.05) is 48.5 Å². The number of nitrogen functional groups attached to an aromatic ring is 1. The minimum atomic E-state index is -0.404. The molecule has 3 aromatic heterocycles. The van der Waals surface area contributed by atoms with Crippen molar-refractivity contribution in [3.05, 3.63) is 124 Å². The van der Waals surface area contributed by atoms with Crippen LogP contribution in [0.5, 0.6) is 0 Å². The molecule has 0 fully saturated rings. The van der Waals surface area contributed by atoms with Gasteiger partial charge in [0.15, 0.2) is 0 Å². The van der Waals surface area contributed by atoms with E-state index < -0.39 is 6.04 Å². The fraction of sp³-hybridized carbons (Fsp3) is 0.0938. The number of nitrogens with two attached hydrogens (primary N) is 1. The number of pyridine rings is 2. The largest absolute Gasteiger partial charge is 0.371 e. The van der Waals surface area contributed by atoms with E-state index in [9.17, 15) is 4.79 Å². The Hall–Kier alpha value is -5.55. The van der Waals surface area contributed by atoms with Gasteiger partial charge in [-0.15, -0.1) is 0 Å². The van der Waals surface area contributed by atoms with Crippen LogP contribution in [0.2, 0.25) is 0 Å². The summed E-state index contributed by atoms with van der Waals surface area (Å²) in [5.41, 5.74) is 11.0. The van der Waals surface area contributed by atoms with Gasteiger partial charge in [-0.2, -0.15) is 0 Å². The third-order valence-electron chi connectivity index (χ3n) is 6.94. The third kappa shape index (κ3) is 4.40. The Bertz CT molecular complexity index is 2020. The fourth-order valence-electron chi connectivity index (χ4n) is 5.05. The first-order chi connectivity index (χ1) is 19.4. The van der Waals surface area contributed by atoms with Crippen LogP contribution < -0.4 is 16.6 Å². The summed E-state index contributed by atoms with van der Waals surface area (Å²) >= 11 is 0. The molecule has 6 rings (SSSR count). The second kappa shape index (κ2) is 9.97. The summed E-state index contributed by atoms with van der Waals surface area (Å²) in [6.45, 7) is 11.4. The molecule has 194 valence electrons. The van der Waals surface area contributed by atoms with Gasteiger partial charge < -0.3 is 11.1 Å². The molecular weight excluding hydrogens is 498 g/mol. The first-order valence-corrected chi connectivity index (χ1v) is 12.8. The zero-order valence-electron chi connectivity index (χ0n) is 22.0. The maximum absolute atomic E-state index is 14.5. The number of rotatable bonds is 5. The lowest BCUT2D eigenvalue weighted by Gasteiger charge is -2.22. The van der Waals surface area contributed by atoms with Crippen LogP contribution in [0.25, 0.3) is 43.3 Å². The molecule has 3 aromatic carbocycles. The molecule has 0 bridgehead atoms. The molecule has 8 heteroatoms. The predicted molar refractivity (Wildman–Crippen MR) is 160 cm³/mol. The number of nitrogens with zero attached hydrogens (tertiary/aromatic N) is 5. The van der Waals surface area contributed by atoms with E-state index in [0.29, 0.717) is 16.9 Å². The van der Waals surface area contributed by atoms with Gasteiger partial charge in [0, 0.05) is 34.7 Å². The zero-order chi connectivity index (χ0) is 27.8. The lowest BCUT2D eigenvalue weighted by atomic mass is 9.98. The Balaban J connectivity index is 1.59. The van der Waals surface area contributed by atoms with Crippen molar-refractivity contribution in [3.8, 4) is 16.8 Å². The maximum Gasteiger partial charge on any atom is 0.263 e. The van der Waals surface area contributed by atoms with Crippen LogP contribution in [0, 0.1) is 13.5 Å². The number of benzene rings is 3. The van der Waals surface area contributed by atoms with Crippen molar-refractivity contribution in [2.75, 3.05) is 11.1 Å². The molecule has 1 atom stereocenters. The van der Waals surface area contributed by atoms with Crippen molar-refractivity contribution in [1.29, 1.82) is 0 Å². The van der Waals surface area contributed by atoms with Crippen molar-refractivity contribution in [2.24, 2.45) is 0 Å². The van der Waals surface area contributed by atoms with Crippen LogP contribution in [0.3, 0.4) is 0 Å². The molecule has 6 aromatic rings. The van der Waals surface area contributed by atoms with Gasteiger partial charge in [0.05, 0.1) is 23.5 Å². The van der Waals surface area contributed by atoms with Crippen LogP contribution in [-0.2, 0) is 0 Å². The normalized spacial score (nSPS) is 11.8. The third-order valence-corrected chi connectivity index (χ3v) is 6.94. The molecule has 0 aliphatic rings. The first-order valence-electron chi connectivity index (χ1n) is 12.8. The predicted octanol–water partition coefficient (Wildman–Crippen LogP) is 6.61. The van der Waals surface area contributed by atoms with Gasteiger partial charge >= 0.3 is 0 Å². The van der Waals surface area contributed by atoms with Crippen molar-refractivity contribution in [2.45, 2.75) is 19.9 Å². The lowest BCUT2D eigenvalue weighted by Crippen LogP contribution is -2.26. The van der Waals surface area contributed by atoms with Crippen LogP contribution in [0.15, 0.2) is 96.1 Å². The minimum absolute atomic E-state index is 0.0605. The van der Waals surface area contributed by atoms with Crippen molar-refractivity contribution < 1.29 is 0 Å². The number of para-hydroxylation sites is 1. The monoisotopic (exact) mass is 523 g/mol. The molecule has 0 aliphatic carbocycles. The van der Waals surface area contributed by atoms with E-state index >= 15 is 0 Å². The van der Waals surface area contributed by atoms with Gasteiger partial charge in [-0.05, 0) is 60.7 Å². The Morgan fingerprint density at radius 1 is 0.950 bits per heavy atom. The average molecular weight is 524 g/mol. The number of nitrogens with one attached hydrogen (secondary N) is 1. The molecule has 3 heterocycles. The second-order valence-electron chi connectivity index (χ2n) is 9.68. The van der Waals surface area contributed by atoms with Gasteiger partial charge in [-0.25, -0.2) is 14.8 Å². The van der Waals surface area contributed by atoms with E-state index in [2.05, 4.69) is 31.2 Å². The second-order valence-corrected chi connectivity index (χ2v) is 9.68. The molecule has 0 unspecified atom stereocenters. The number of hydrogen-bond acceptors (Lipinski definition) is 6. The minimum Gasteiger partial charge on any atom is -0.371 e. The van der Waals surface area contributed by atoms with Gasteiger partial charge in [-0.3, -0.25) is 14.3 Å². The highest BCUT2D eigenvalue weighted by Crippen LogP contribution is 2.32. The molecule has 0 saturated carbocycles. The van der Waals surface area contributed by atoms with Crippen LogP contribution in [0.4, 0.5) is 17.5 Å². The number of anilines is 2. The topological polar surface area (TPSA) is 103 Å². The molecular formula is C32H25N7O. The standard InChI is InChI=1S/C32H25N7O/c1-19-8-6-11-24(14-19)39-28(20(2)37-30-27(34-3)18-36-32(33)38-30)16-22-10-7-12-25(29(22)31(39)40)23-15-21-9-4-5-13-26(21)35-17-23/h4-18,20H,1-2H3,(H3,33,36,37,38)/t20-/m0/s1. The summed E-state index contributed by atoms with van der Waals surface area (Å²) in [5, 5.41) is 5.70. The summed E-state index contributed by atoms with van der Waals surface area (Å²) in [6.07, 6.45) is 3.21. The Morgan fingerprint density at radius 2 is 1.75 bits per heavy atom. The van der Waals surface area contributed by atoms with Crippen molar-refractivity contribution in [3.63, 3.8) is 0 Å². The Kier molecular flexibility index (Phi) is 6.17.